The summed E-state index contributed by atoms with van der Waals surface area (Å²) < 4.78 is 38.0. The van der Waals surface area contributed by atoms with Crippen molar-refractivity contribution in [3.05, 3.63) is 41.9 Å². The fourth-order valence-electron chi connectivity index (χ4n) is 3.09. The molecule has 0 saturated heterocycles. The van der Waals surface area contributed by atoms with E-state index in [4.69, 9.17) is 15.2 Å². The second kappa shape index (κ2) is 9.28. The molecule has 2 rings (SSSR count). The molecule has 0 saturated carbocycles. The Labute approximate surface area is 167 Å². The molecule has 7 nitrogen and oxygen atoms in total. The number of halogens is 2. The fraction of sp³-hybridized carbons (Fsp3) is 0.400. The topological polar surface area (TPSA) is 111 Å². The number of nitriles is 1. The maximum Gasteiger partial charge on any atom is 0.405 e. The standard InChI is InChI=1S/C20H22F2N4O3/c1-12(2)9-20(3,29-19(24)27)11-28-18-14(10-23)8-15(16(26-18)17(21)22)13-4-6-25-7-5-13/h4-8,12,17H,9,11H2,1-3H3,(H2,24,27)/t20-/m0/s1. The molecule has 0 aromatic carbocycles. The summed E-state index contributed by atoms with van der Waals surface area (Å²) in [6, 6.07) is 6.30. The zero-order valence-corrected chi connectivity index (χ0v) is 16.4. The number of carbonyl (C=O) groups excluding carboxylic acids is 1. The number of pyridine rings is 2. The third-order valence-electron chi connectivity index (χ3n) is 4.04. The van der Waals surface area contributed by atoms with E-state index >= 15 is 0 Å². The molecule has 9 heteroatoms. The van der Waals surface area contributed by atoms with Crippen LogP contribution in [0.3, 0.4) is 0 Å². The monoisotopic (exact) mass is 404 g/mol. The first-order valence-corrected chi connectivity index (χ1v) is 8.90. The first-order chi connectivity index (χ1) is 13.6. The number of alkyl halides is 2. The van der Waals surface area contributed by atoms with Gasteiger partial charge in [0.15, 0.2) is 0 Å². The van der Waals surface area contributed by atoms with E-state index < -0.39 is 23.8 Å². The number of aromatic nitrogens is 2. The molecule has 0 aliphatic heterocycles. The van der Waals surface area contributed by atoms with Crippen molar-refractivity contribution in [2.75, 3.05) is 6.61 Å². The van der Waals surface area contributed by atoms with Crippen LogP contribution >= 0.6 is 0 Å². The minimum Gasteiger partial charge on any atom is -0.472 e. The highest BCUT2D eigenvalue weighted by Crippen LogP contribution is 2.34. The van der Waals surface area contributed by atoms with Crippen LogP contribution in [-0.4, -0.2) is 28.3 Å². The predicted octanol–water partition coefficient (Wildman–Crippen LogP) is 4.23. The maximum absolute atomic E-state index is 13.6. The Morgan fingerprint density at radius 1 is 1.34 bits per heavy atom. The molecule has 2 aromatic rings. The van der Waals surface area contributed by atoms with E-state index in [-0.39, 0.29) is 29.5 Å². The molecule has 2 aromatic heterocycles. The largest absolute Gasteiger partial charge is 0.472 e. The first kappa shape index (κ1) is 22.0. The van der Waals surface area contributed by atoms with Crippen LogP contribution in [0.1, 0.15) is 44.9 Å². The van der Waals surface area contributed by atoms with Crippen molar-refractivity contribution in [1.82, 2.24) is 9.97 Å². The summed E-state index contributed by atoms with van der Waals surface area (Å²) in [4.78, 5) is 19.0. The molecular formula is C20H22F2N4O3. The maximum atomic E-state index is 13.6. The Morgan fingerprint density at radius 2 is 2.00 bits per heavy atom. The number of nitrogens with two attached hydrogens (primary N) is 1. The lowest BCUT2D eigenvalue weighted by atomic mass is 9.95. The van der Waals surface area contributed by atoms with E-state index in [1.807, 2.05) is 19.9 Å². The van der Waals surface area contributed by atoms with Crippen LogP contribution in [-0.2, 0) is 4.74 Å². The van der Waals surface area contributed by atoms with Gasteiger partial charge in [0.05, 0.1) is 0 Å². The highest BCUT2D eigenvalue weighted by Gasteiger charge is 2.31. The smallest absolute Gasteiger partial charge is 0.405 e. The van der Waals surface area contributed by atoms with Crippen LogP contribution in [0.4, 0.5) is 13.6 Å². The van der Waals surface area contributed by atoms with Gasteiger partial charge >= 0.3 is 6.09 Å². The highest BCUT2D eigenvalue weighted by atomic mass is 19.3. The van der Waals surface area contributed by atoms with E-state index in [0.717, 1.165) is 0 Å². The van der Waals surface area contributed by atoms with E-state index in [1.165, 1.54) is 18.5 Å². The van der Waals surface area contributed by atoms with Gasteiger partial charge in [0.25, 0.3) is 6.43 Å². The minimum atomic E-state index is -2.89. The molecule has 0 spiro atoms. The van der Waals surface area contributed by atoms with Crippen molar-refractivity contribution in [2.24, 2.45) is 11.7 Å². The lowest BCUT2D eigenvalue weighted by molar-refractivity contribution is -0.0198. The molecule has 0 bridgehead atoms. The summed E-state index contributed by atoms with van der Waals surface area (Å²) in [6.07, 6.45) is -0.544. The fourth-order valence-corrected chi connectivity index (χ4v) is 3.09. The molecule has 29 heavy (non-hydrogen) atoms. The average Bonchev–Trinajstić information content (AvgIpc) is 2.65. The molecule has 0 aliphatic rings. The van der Waals surface area contributed by atoms with Gasteiger partial charge < -0.3 is 15.2 Å². The van der Waals surface area contributed by atoms with Crippen LogP contribution in [0.25, 0.3) is 11.1 Å². The molecule has 1 amide bonds. The van der Waals surface area contributed by atoms with Gasteiger partial charge in [-0.2, -0.15) is 5.26 Å². The van der Waals surface area contributed by atoms with E-state index in [2.05, 4.69) is 9.97 Å². The SMILES string of the molecule is CC(C)C[C@@](C)(COc1nc(C(F)F)c(-c2ccncc2)cc1C#N)OC(N)=O. The van der Waals surface area contributed by atoms with Crippen LogP contribution in [0.15, 0.2) is 30.6 Å². The lowest BCUT2D eigenvalue weighted by Gasteiger charge is -2.30. The molecule has 1 atom stereocenters. The number of primary amides is 1. The van der Waals surface area contributed by atoms with Gasteiger partial charge in [0.2, 0.25) is 5.88 Å². The molecule has 0 aliphatic carbocycles. The summed E-state index contributed by atoms with van der Waals surface area (Å²) in [5, 5.41) is 9.46. The van der Waals surface area contributed by atoms with Crippen molar-refractivity contribution >= 4 is 6.09 Å². The minimum absolute atomic E-state index is 0.0211. The van der Waals surface area contributed by atoms with Crippen molar-refractivity contribution < 1.29 is 23.0 Å². The van der Waals surface area contributed by atoms with Crippen molar-refractivity contribution in [2.45, 2.75) is 39.2 Å². The van der Waals surface area contributed by atoms with Crippen LogP contribution in [0, 0.1) is 17.2 Å². The van der Waals surface area contributed by atoms with Crippen LogP contribution in [0.2, 0.25) is 0 Å². The van der Waals surface area contributed by atoms with Crippen LogP contribution in [0.5, 0.6) is 5.88 Å². The quantitative estimate of drug-likeness (QED) is 0.705. The number of hydrogen-bond acceptors (Lipinski definition) is 6. The normalized spacial score (nSPS) is 13.0. The van der Waals surface area contributed by atoms with E-state index in [0.29, 0.717) is 12.0 Å². The molecule has 154 valence electrons. The zero-order valence-electron chi connectivity index (χ0n) is 16.4. The van der Waals surface area contributed by atoms with Crippen molar-refractivity contribution in [3.63, 3.8) is 0 Å². The Kier molecular flexibility index (Phi) is 7.04. The van der Waals surface area contributed by atoms with Gasteiger partial charge in [0.1, 0.15) is 29.5 Å². The Morgan fingerprint density at radius 3 is 2.52 bits per heavy atom. The Bertz CT molecular complexity index is 901. The Balaban J connectivity index is 2.41. The molecule has 2 heterocycles. The molecule has 0 unspecified atom stereocenters. The second-order valence-electron chi connectivity index (χ2n) is 7.18. The van der Waals surface area contributed by atoms with Gasteiger partial charge in [0, 0.05) is 18.0 Å². The molecule has 0 radical (unpaired) electrons. The van der Waals surface area contributed by atoms with Gasteiger partial charge in [-0.25, -0.2) is 18.6 Å². The van der Waals surface area contributed by atoms with Gasteiger partial charge in [-0.3, -0.25) is 4.98 Å². The zero-order chi connectivity index (χ0) is 21.6. The van der Waals surface area contributed by atoms with E-state index in [9.17, 15) is 18.8 Å². The number of ether oxygens (including phenoxy) is 2. The summed E-state index contributed by atoms with van der Waals surface area (Å²) in [5.74, 6) is -0.124. The molecule has 0 fully saturated rings. The summed E-state index contributed by atoms with van der Waals surface area (Å²) >= 11 is 0. The predicted molar refractivity (Wildman–Crippen MR) is 101 cm³/mol. The molecular weight excluding hydrogens is 382 g/mol. The third-order valence-corrected chi connectivity index (χ3v) is 4.04. The number of rotatable bonds is 8. The van der Waals surface area contributed by atoms with Crippen molar-refractivity contribution in [3.8, 4) is 23.1 Å². The number of amides is 1. The van der Waals surface area contributed by atoms with Gasteiger partial charge in [-0.05, 0) is 43.0 Å². The highest BCUT2D eigenvalue weighted by molar-refractivity contribution is 5.68. The van der Waals surface area contributed by atoms with Gasteiger partial charge in [-0.15, -0.1) is 0 Å². The molecule has 2 N–H and O–H groups in total. The summed E-state index contributed by atoms with van der Waals surface area (Å²) in [7, 11) is 0. The summed E-state index contributed by atoms with van der Waals surface area (Å²) in [5.41, 5.74) is 4.05. The number of carbonyl (C=O) groups is 1. The Hall–Kier alpha value is -3.28. The number of hydrogen-bond donors (Lipinski definition) is 1. The second-order valence-corrected chi connectivity index (χ2v) is 7.18. The van der Waals surface area contributed by atoms with E-state index in [1.54, 1.807) is 19.1 Å². The summed E-state index contributed by atoms with van der Waals surface area (Å²) in [6.45, 7) is 5.25. The van der Waals surface area contributed by atoms with Gasteiger partial charge in [-0.1, -0.05) is 13.8 Å². The third kappa shape index (κ3) is 5.85. The number of nitrogens with zero attached hydrogens (tertiary/aromatic N) is 3. The average molecular weight is 404 g/mol. The first-order valence-electron chi connectivity index (χ1n) is 8.90. The van der Waals surface area contributed by atoms with Crippen LogP contribution < -0.4 is 10.5 Å². The van der Waals surface area contributed by atoms with Crippen molar-refractivity contribution in [1.29, 1.82) is 5.26 Å². The lowest BCUT2D eigenvalue weighted by Crippen LogP contribution is -2.41.